The molecule has 17 heavy (non-hydrogen) atoms. The van der Waals surface area contributed by atoms with Crippen LogP contribution in [0.1, 0.15) is 5.56 Å². The molecule has 0 fully saturated rings. The number of benzene rings is 1. The Hall–Kier alpha value is -0.830. The van der Waals surface area contributed by atoms with E-state index in [9.17, 15) is 10.1 Å². The quantitative estimate of drug-likeness (QED) is 0.484. The van der Waals surface area contributed by atoms with Crippen LogP contribution in [0, 0.1) is 10.1 Å². The Morgan fingerprint density at radius 3 is 2.65 bits per heavy atom. The average molecular weight is 324 g/mol. The molecule has 1 aromatic rings. The van der Waals surface area contributed by atoms with E-state index in [4.69, 9.17) is 16.2 Å². The highest BCUT2D eigenvalue weighted by Crippen LogP contribution is 2.28. The van der Waals surface area contributed by atoms with E-state index >= 15 is 0 Å². The molecule has 0 amide bonds. The van der Waals surface area contributed by atoms with Crippen LogP contribution >= 0.6 is 28.7 Å². The van der Waals surface area contributed by atoms with Crippen LogP contribution in [0.25, 0.3) is 0 Å². The van der Waals surface area contributed by atoms with Gasteiger partial charge in [-0.1, -0.05) is 6.07 Å². The highest BCUT2D eigenvalue weighted by molar-refractivity contribution is 8.93. The zero-order valence-electron chi connectivity index (χ0n) is 9.16. The van der Waals surface area contributed by atoms with E-state index in [1.165, 1.54) is 24.9 Å². The summed E-state index contributed by atoms with van der Waals surface area (Å²) in [5.41, 5.74) is 11.0. The van der Waals surface area contributed by atoms with Gasteiger partial charge >= 0.3 is 5.69 Å². The molecule has 4 N–H and O–H groups in total. The number of nitro benzene ring substituents is 1. The van der Waals surface area contributed by atoms with Crippen molar-refractivity contribution < 1.29 is 9.66 Å². The topological polar surface area (TPSA) is 104 Å². The fourth-order valence-electron chi connectivity index (χ4n) is 1.16. The Morgan fingerprint density at radius 2 is 2.18 bits per heavy atom. The van der Waals surface area contributed by atoms with Crippen LogP contribution in [0.4, 0.5) is 5.69 Å². The van der Waals surface area contributed by atoms with Crippen molar-refractivity contribution in [2.45, 2.75) is 11.3 Å². The van der Waals surface area contributed by atoms with Gasteiger partial charge in [-0.15, -0.1) is 28.7 Å². The maximum absolute atomic E-state index is 10.7. The fraction of sp³-hybridized carbons (Fsp3) is 0.333. The number of halogens is 1. The molecule has 0 radical (unpaired) electrons. The summed E-state index contributed by atoms with van der Waals surface area (Å²) in [5.74, 6) is 0.776. The third kappa shape index (κ3) is 4.90. The van der Waals surface area contributed by atoms with Crippen LogP contribution in [-0.2, 0) is 5.75 Å². The first-order valence-corrected chi connectivity index (χ1v) is 5.53. The van der Waals surface area contributed by atoms with Gasteiger partial charge in [0.15, 0.2) is 5.75 Å². The van der Waals surface area contributed by atoms with Crippen LogP contribution in [0.3, 0.4) is 0 Å². The Labute approximate surface area is 114 Å². The van der Waals surface area contributed by atoms with Crippen LogP contribution in [0.5, 0.6) is 5.75 Å². The number of methoxy groups -OCH3 is 1. The van der Waals surface area contributed by atoms with Crippen molar-refractivity contribution >= 4 is 34.4 Å². The van der Waals surface area contributed by atoms with E-state index < -0.39 is 10.4 Å². The monoisotopic (exact) mass is 323 g/mol. The number of rotatable bonds is 5. The summed E-state index contributed by atoms with van der Waals surface area (Å²) in [7, 11) is 1.40. The SMILES string of the molecule is Br.COc1ccc(CSC(N)N)cc1[N+](=O)[O-]. The minimum absolute atomic E-state index is 0. The van der Waals surface area contributed by atoms with Gasteiger partial charge in [0.1, 0.15) is 5.50 Å². The highest BCUT2D eigenvalue weighted by atomic mass is 79.9. The van der Waals surface area contributed by atoms with Crippen molar-refractivity contribution in [3.63, 3.8) is 0 Å². The minimum atomic E-state index is -0.485. The highest BCUT2D eigenvalue weighted by Gasteiger charge is 2.15. The normalized spacial score (nSPS) is 9.88. The lowest BCUT2D eigenvalue weighted by Crippen LogP contribution is -2.26. The van der Waals surface area contributed by atoms with Crippen LogP contribution in [-0.4, -0.2) is 17.5 Å². The first kappa shape index (κ1) is 16.2. The molecule has 0 bridgehead atoms. The molecule has 1 aromatic carbocycles. The third-order valence-corrected chi connectivity index (χ3v) is 2.77. The van der Waals surface area contributed by atoms with Gasteiger partial charge in [-0.2, -0.15) is 0 Å². The number of hydrogen-bond donors (Lipinski definition) is 2. The van der Waals surface area contributed by atoms with Crippen molar-refractivity contribution in [2.24, 2.45) is 11.5 Å². The minimum Gasteiger partial charge on any atom is -0.490 e. The largest absolute Gasteiger partial charge is 0.490 e. The molecule has 1 rings (SSSR count). The number of nitro groups is 1. The van der Waals surface area contributed by atoms with E-state index in [1.807, 2.05) is 0 Å². The second-order valence-electron chi connectivity index (χ2n) is 3.04. The van der Waals surface area contributed by atoms with Gasteiger partial charge in [0.05, 0.1) is 12.0 Å². The summed E-state index contributed by atoms with van der Waals surface area (Å²) in [5, 5.41) is 10.7. The number of ether oxygens (including phenoxy) is 1. The molecular weight excluding hydrogens is 310 g/mol. The van der Waals surface area contributed by atoms with E-state index in [2.05, 4.69) is 0 Å². The number of nitrogens with zero attached hydrogens (tertiary/aromatic N) is 1. The first-order valence-electron chi connectivity index (χ1n) is 4.48. The third-order valence-electron chi connectivity index (χ3n) is 1.88. The Balaban J connectivity index is 0.00000256. The lowest BCUT2D eigenvalue weighted by molar-refractivity contribution is -0.385. The summed E-state index contributed by atoms with van der Waals surface area (Å²) >= 11 is 1.31. The van der Waals surface area contributed by atoms with Crippen molar-refractivity contribution in [3.05, 3.63) is 33.9 Å². The lowest BCUT2D eigenvalue weighted by Gasteiger charge is -2.06. The summed E-state index contributed by atoms with van der Waals surface area (Å²) < 4.78 is 4.89. The molecular formula is C9H14BrN3O3S. The van der Waals surface area contributed by atoms with E-state index in [-0.39, 0.29) is 28.4 Å². The number of nitrogens with two attached hydrogens (primary N) is 2. The Kier molecular flexibility index (Phi) is 7.12. The zero-order valence-corrected chi connectivity index (χ0v) is 11.7. The second kappa shape index (κ2) is 7.49. The predicted octanol–water partition coefficient (Wildman–Crippen LogP) is 1.62. The number of thioether (sulfide) groups is 1. The van der Waals surface area contributed by atoms with Gasteiger partial charge in [0.2, 0.25) is 0 Å². The van der Waals surface area contributed by atoms with Gasteiger partial charge < -0.3 is 16.2 Å². The van der Waals surface area contributed by atoms with Gasteiger partial charge in [-0.25, -0.2) is 0 Å². The maximum atomic E-state index is 10.7. The maximum Gasteiger partial charge on any atom is 0.311 e. The fourth-order valence-corrected chi connectivity index (χ4v) is 1.72. The lowest BCUT2D eigenvalue weighted by atomic mass is 10.2. The first-order chi connectivity index (χ1) is 7.54. The second-order valence-corrected chi connectivity index (χ2v) is 4.21. The van der Waals surface area contributed by atoms with Crippen LogP contribution in [0.2, 0.25) is 0 Å². The summed E-state index contributed by atoms with van der Waals surface area (Å²) in [6.45, 7) is 0. The molecule has 0 saturated carbocycles. The standard InChI is InChI=1S/C9H13N3O3S.BrH/c1-15-8-3-2-6(5-16-9(10)11)4-7(8)12(13)14;/h2-4,9H,5,10-11H2,1H3;1H. The van der Waals surface area contributed by atoms with Gasteiger partial charge in [0, 0.05) is 11.8 Å². The molecule has 0 unspecified atom stereocenters. The van der Waals surface area contributed by atoms with Crippen molar-refractivity contribution in [1.29, 1.82) is 0 Å². The average Bonchev–Trinajstić information content (AvgIpc) is 2.25. The van der Waals surface area contributed by atoms with Crippen LogP contribution in [0.15, 0.2) is 18.2 Å². The molecule has 0 saturated heterocycles. The zero-order chi connectivity index (χ0) is 12.1. The van der Waals surface area contributed by atoms with Gasteiger partial charge in [-0.05, 0) is 11.6 Å². The molecule has 0 aliphatic carbocycles. The molecule has 0 atom stereocenters. The Morgan fingerprint density at radius 1 is 1.53 bits per heavy atom. The summed E-state index contributed by atoms with van der Waals surface area (Å²) in [4.78, 5) is 10.3. The molecule has 0 aliphatic rings. The molecule has 0 heterocycles. The van der Waals surface area contributed by atoms with E-state index in [0.29, 0.717) is 5.75 Å². The van der Waals surface area contributed by atoms with E-state index in [0.717, 1.165) is 5.56 Å². The molecule has 0 spiro atoms. The van der Waals surface area contributed by atoms with Gasteiger partial charge in [-0.3, -0.25) is 10.1 Å². The molecule has 6 nitrogen and oxygen atoms in total. The predicted molar refractivity (Wildman–Crippen MR) is 73.4 cm³/mol. The molecule has 0 aromatic heterocycles. The van der Waals surface area contributed by atoms with Crippen molar-refractivity contribution in [2.75, 3.05) is 7.11 Å². The Bertz CT molecular complexity index is 390. The van der Waals surface area contributed by atoms with Gasteiger partial charge in [0.25, 0.3) is 0 Å². The smallest absolute Gasteiger partial charge is 0.311 e. The van der Waals surface area contributed by atoms with Crippen molar-refractivity contribution in [3.8, 4) is 5.75 Å². The molecule has 0 aliphatic heterocycles. The van der Waals surface area contributed by atoms with E-state index in [1.54, 1.807) is 12.1 Å². The molecule has 96 valence electrons. The number of hydrogen-bond acceptors (Lipinski definition) is 6. The van der Waals surface area contributed by atoms with Crippen molar-refractivity contribution in [1.82, 2.24) is 0 Å². The summed E-state index contributed by atoms with van der Waals surface area (Å²) in [6.07, 6.45) is 0. The summed E-state index contributed by atoms with van der Waals surface area (Å²) in [6, 6.07) is 4.78. The van der Waals surface area contributed by atoms with Crippen LogP contribution < -0.4 is 16.2 Å². The molecule has 8 heteroatoms.